The van der Waals surface area contributed by atoms with Crippen LogP contribution in [0.2, 0.25) is 0 Å². The average Bonchev–Trinajstić information content (AvgIpc) is 3.16. The zero-order chi connectivity index (χ0) is 15.6. The first-order valence-electron chi connectivity index (χ1n) is 6.80. The van der Waals surface area contributed by atoms with Crippen LogP contribution in [0.1, 0.15) is 12.1 Å². The summed E-state index contributed by atoms with van der Waals surface area (Å²) < 4.78 is 41.2. The Bertz CT molecular complexity index is 749. The Balaban J connectivity index is 0.00000144. The van der Waals surface area contributed by atoms with E-state index in [-0.39, 0.29) is 29.7 Å². The van der Waals surface area contributed by atoms with E-state index in [1.54, 1.807) is 6.20 Å². The largest absolute Gasteiger partial charge is 0.380 e. The van der Waals surface area contributed by atoms with Gasteiger partial charge in [0.1, 0.15) is 0 Å². The molecule has 134 valence electrons. The Hall–Kier alpha value is -1.26. The van der Waals surface area contributed by atoms with Gasteiger partial charge in [0.05, 0.1) is 29.1 Å². The Morgan fingerprint density at radius 3 is 2.58 bits per heavy atom. The van der Waals surface area contributed by atoms with Crippen molar-refractivity contribution in [3.05, 3.63) is 36.2 Å². The van der Waals surface area contributed by atoms with Crippen molar-refractivity contribution >= 4 is 35.0 Å². The number of ether oxygens (including phenoxy) is 1. The van der Waals surface area contributed by atoms with E-state index in [2.05, 4.69) is 15.6 Å². The van der Waals surface area contributed by atoms with Crippen molar-refractivity contribution in [2.45, 2.75) is 23.9 Å². The van der Waals surface area contributed by atoms with Crippen LogP contribution in [-0.4, -0.2) is 42.7 Å². The standard InChI is InChI=1S/C13H15FN4O3S.2ClH/c14-22(19,20)13-3-1-12(2-4-13)18-8-11(16-17-18)7-15-10-5-6-21-9-10;;/h1-4,8,10,15H,5-7,9H2;2*1H. The second-order valence-corrected chi connectivity index (χ2v) is 6.37. The summed E-state index contributed by atoms with van der Waals surface area (Å²) in [5, 5.41) is 11.3. The topological polar surface area (TPSA) is 86.1 Å². The second-order valence-electron chi connectivity index (χ2n) is 5.03. The molecule has 1 aromatic carbocycles. The molecule has 1 unspecified atom stereocenters. The minimum absolute atomic E-state index is 0. The highest BCUT2D eigenvalue weighted by Crippen LogP contribution is 2.15. The molecule has 2 heterocycles. The molecule has 0 saturated carbocycles. The van der Waals surface area contributed by atoms with Crippen molar-refractivity contribution in [2.24, 2.45) is 0 Å². The van der Waals surface area contributed by atoms with Gasteiger partial charge >= 0.3 is 10.2 Å². The molecule has 1 aliphatic rings. The van der Waals surface area contributed by atoms with Gasteiger partial charge in [0.15, 0.2) is 0 Å². The van der Waals surface area contributed by atoms with E-state index in [0.29, 0.717) is 24.9 Å². The molecule has 0 bridgehead atoms. The molecule has 0 spiro atoms. The van der Waals surface area contributed by atoms with Crippen molar-refractivity contribution in [1.82, 2.24) is 20.3 Å². The van der Waals surface area contributed by atoms with Gasteiger partial charge in [-0.3, -0.25) is 0 Å². The number of halogens is 3. The minimum atomic E-state index is -4.68. The van der Waals surface area contributed by atoms with Gasteiger partial charge in [-0.25, -0.2) is 4.68 Å². The summed E-state index contributed by atoms with van der Waals surface area (Å²) in [6.45, 7) is 2.05. The van der Waals surface area contributed by atoms with Crippen LogP contribution in [0, 0.1) is 0 Å². The van der Waals surface area contributed by atoms with Crippen molar-refractivity contribution < 1.29 is 17.0 Å². The number of aromatic nitrogens is 3. The lowest BCUT2D eigenvalue weighted by atomic mass is 10.2. The van der Waals surface area contributed by atoms with Crippen LogP contribution in [0.4, 0.5) is 3.89 Å². The molecule has 1 fully saturated rings. The Morgan fingerprint density at radius 1 is 1.29 bits per heavy atom. The highest BCUT2D eigenvalue weighted by Gasteiger charge is 2.15. The van der Waals surface area contributed by atoms with Crippen molar-refractivity contribution in [2.75, 3.05) is 13.2 Å². The minimum Gasteiger partial charge on any atom is -0.380 e. The quantitative estimate of drug-likeness (QED) is 0.770. The molecule has 1 aliphatic heterocycles. The van der Waals surface area contributed by atoms with Gasteiger partial charge < -0.3 is 10.1 Å². The van der Waals surface area contributed by atoms with Gasteiger partial charge in [-0.2, -0.15) is 8.42 Å². The van der Waals surface area contributed by atoms with E-state index in [4.69, 9.17) is 4.74 Å². The highest BCUT2D eigenvalue weighted by molar-refractivity contribution is 7.86. The van der Waals surface area contributed by atoms with E-state index < -0.39 is 10.2 Å². The van der Waals surface area contributed by atoms with E-state index >= 15 is 0 Å². The van der Waals surface area contributed by atoms with Crippen LogP contribution in [0.25, 0.3) is 5.69 Å². The van der Waals surface area contributed by atoms with E-state index in [9.17, 15) is 12.3 Å². The molecule has 24 heavy (non-hydrogen) atoms. The normalized spacial score (nSPS) is 17.1. The summed E-state index contributed by atoms with van der Waals surface area (Å²) >= 11 is 0. The van der Waals surface area contributed by atoms with Crippen LogP contribution in [0.5, 0.6) is 0 Å². The van der Waals surface area contributed by atoms with Crippen LogP contribution in [0.15, 0.2) is 35.4 Å². The molecule has 1 saturated heterocycles. The summed E-state index contributed by atoms with van der Waals surface area (Å²) in [7, 11) is -4.68. The Morgan fingerprint density at radius 2 is 2.00 bits per heavy atom. The van der Waals surface area contributed by atoms with Crippen molar-refractivity contribution in [1.29, 1.82) is 0 Å². The maximum absolute atomic E-state index is 12.8. The zero-order valence-corrected chi connectivity index (χ0v) is 14.9. The van der Waals surface area contributed by atoms with Crippen LogP contribution < -0.4 is 5.32 Å². The zero-order valence-electron chi connectivity index (χ0n) is 12.5. The van der Waals surface area contributed by atoms with Crippen LogP contribution >= 0.6 is 24.8 Å². The fourth-order valence-corrected chi connectivity index (χ4v) is 2.67. The molecule has 7 nitrogen and oxygen atoms in total. The third-order valence-electron chi connectivity index (χ3n) is 3.43. The smallest absolute Gasteiger partial charge is 0.332 e. The first-order chi connectivity index (χ1) is 10.5. The Labute approximate surface area is 151 Å². The van der Waals surface area contributed by atoms with Crippen LogP contribution in [0.3, 0.4) is 0 Å². The molecule has 1 aromatic heterocycles. The van der Waals surface area contributed by atoms with E-state index in [1.165, 1.54) is 28.9 Å². The number of hydrogen-bond acceptors (Lipinski definition) is 6. The molecule has 1 N–H and O–H groups in total. The third-order valence-corrected chi connectivity index (χ3v) is 4.26. The third kappa shape index (κ3) is 5.12. The fraction of sp³-hybridized carbons (Fsp3) is 0.385. The number of nitrogens with one attached hydrogen (secondary N) is 1. The van der Waals surface area contributed by atoms with Crippen molar-refractivity contribution in [3.8, 4) is 5.69 Å². The molecule has 3 rings (SSSR count). The summed E-state index contributed by atoms with van der Waals surface area (Å²) in [5.41, 5.74) is 1.37. The molecule has 1 atom stereocenters. The summed E-state index contributed by atoms with van der Waals surface area (Å²) in [5.74, 6) is 0. The summed E-state index contributed by atoms with van der Waals surface area (Å²) in [6, 6.07) is 5.67. The first kappa shape index (κ1) is 20.8. The lowest BCUT2D eigenvalue weighted by Crippen LogP contribution is -2.28. The van der Waals surface area contributed by atoms with E-state index in [0.717, 1.165) is 18.7 Å². The van der Waals surface area contributed by atoms with E-state index in [1.807, 2.05) is 0 Å². The average molecular weight is 399 g/mol. The molecular formula is C13H17Cl2FN4O3S. The number of hydrogen-bond donors (Lipinski definition) is 1. The summed E-state index contributed by atoms with van der Waals surface area (Å²) in [6.07, 6.45) is 2.72. The predicted molar refractivity (Wildman–Crippen MR) is 90.2 cm³/mol. The number of benzene rings is 1. The number of rotatable bonds is 5. The maximum atomic E-state index is 12.8. The maximum Gasteiger partial charge on any atom is 0.332 e. The lowest BCUT2D eigenvalue weighted by Gasteiger charge is -2.07. The van der Waals surface area contributed by atoms with Gasteiger partial charge in [0, 0.05) is 19.2 Å². The van der Waals surface area contributed by atoms with Gasteiger partial charge in [-0.15, -0.1) is 33.8 Å². The predicted octanol–water partition coefficient (Wildman–Crippen LogP) is 1.65. The monoisotopic (exact) mass is 398 g/mol. The lowest BCUT2D eigenvalue weighted by molar-refractivity contribution is 0.189. The molecule has 0 aliphatic carbocycles. The van der Waals surface area contributed by atoms with Gasteiger partial charge in [-0.1, -0.05) is 5.21 Å². The first-order valence-corrected chi connectivity index (χ1v) is 8.18. The molecule has 0 amide bonds. The van der Waals surface area contributed by atoms with Gasteiger partial charge in [0.2, 0.25) is 0 Å². The molecule has 11 heteroatoms. The molecule has 2 aromatic rings. The second kappa shape index (κ2) is 8.72. The van der Waals surface area contributed by atoms with Gasteiger partial charge in [-0.05, 0) is 30.7 Å². The SMILES string of the molecule is Cl.Cl.O=S(=O)(F)c1ccc(-n2cc(CNC3CCOC3)nn2)cc1. The Kier molecular flexibility index (Phi) is 7.56. The number of nitrogens with zero attached hydrogens (tertiary/aromatic N) is 3. The van der Waals surface area contributed by atoms with Crippen molar-refractivity contribution in [3.63, 3.8) is 0 Å². The molecule has 0 radical (unpaired) electrons. The molecular weight excluding hydrogens is 382 g/mol. The van der Waals surface area contributed by atoms with Gasteiger partial charge in [0.25, 0.3) is 0 Å². The van der Waals surface area contributed by atoms with Crippen LogP contribution in [-0.2, 0) is 21.5 Å². The summed E-state index contributed by atoms with van der Waals surface area (Å²) in [4.78, 5) is -0.375. The fourth-order valence-electron chi connectivity index (χ4n) is 2.21. The highest BCUT2D eigenvalue weighted by atomic mass is 35.5.